The number of para-hydroxylation sites is 2. The van der Waals surface area contributed by atoms with Gasteiger partial charge in [0.25, 0.3) is 0 Å². The normalized spacial score (nSPS) is 11.9. The van der Waals surface area contributed by atoms with Crippen LogP contribution in [0.4, 0.5) is 0 Å². The topological polar surface area (TPSA) is 27.9 Å². The Bertz CT molecular complexity index is 3600. The Balaban J connectivity index is 1.20. The Hall–Kier alpha value is -7.56. The molecule has 0 saturated carbocycles. The zero-order chi connectivity index (χ0) is 36.7. The molecule has 0 atom stereocenters. The van der Waals surface area contributed by atoms with Gasteiger partial charge in [-0.25, -0.2) is 0 Å². The van der Waals surface area contributed by atoms with Crippen LogP contribution in [0.3, 0.4) is 0 Å². The summed E-state index contributed by atoms with van der Waals surface area (Å²) in [6, 6.07) is 72.5. The molecule has 0 aliphatic rings. The lowest BCUT2D eigenvalue weighted by Crippen LogP contribution is -1.98. The Labute approximate surface area is 321 Å². The minimum absolute atomic E-state index is 0.863. The molecule has 0 aliphatic heterocycles. The number of rotatable bonds is 3. The second-order valence-electron chi connectivity index (χ2n) is 14.7. The lowest BCUT2D eigenvalue weighted by molar-refractivity contribution is 0.669. The fourth-order valence-electron chi connectivity index (χ4n) is 8.85. The van der Waals surface area contributed by atoms with Crippen LogP contribution in [0, 0.1) is 0 Å². The quantitative estimate of drug-likeness (QED) is 0.179. The van der Waals surface area contributed by atoms with Crippen molar-refractivity contribution in [2.24, 2.45) is 0 Å². The van der Waals surface area contributed by atoms with E-state index in [2.05, 4.69) is 214 Å². The van der Waals surface area contributed by atoms with Gasteiger partial charge in [-0.1, -0.05) is 91.0 Å². The summed E-state index contributed by atoms with van der Waals surface area (Å²) < 4.78 is 13.6. The third-order valence-electron chi connectivity index (χ3n) is 11.4. The average molecular weight is 716 g/mol. The predicted octanol–water partition coefficient (Wildman–Crippen LogP) is 14.0. The Kier molecular flexibility index (Phi) is 6.60. The average Bonchev–Trinajstić information content (AvgIpc) is 3.79. The molecule has 262 valence electrons. The van der Waals surface area contributed by atoms with E-state index in [0.29, 0.717) is 0 Å². The van der Waals surface area contributed by atoms with E-state index in [1.54, 1.807) is 0 Å². The van der Waals surface area contributed by atoms with Crippen LogP contribution in [0.1, 0.15) is 0 Å². The highest BCUT2D eigenvalue weighted by atomic mass is 16.3. The summed E-state index contributed by atoms with van der Waals surface area (Å²) in [5.74, 6) is 0. The third kappa shape index (κ3) is 4.73. The first-order chi connectivity index (χ1) is 27.7. The number of hydrogen-bond acceptors (Lipinski definition) is 1. The van der Waals surface area contributed by atoms with Crippen molar-refractivity contribution in [3.05, 3.63) is 200 Å². The van der Waals surface area contributed by atoms with Crippen LogP contribution in [-0.2, 0) is 0 Å². The van der Waals surface area contributed by atoms with Crippen LogP contribution in [0.15, 0.2) is 205 Å². The van der Waals surface area contributed by atoms with Gasteiger partial charge in [-0.15, -0.1) is 0 Å². The first-order valence-corrected chi connectivity index (χ1v) is 19.1. The van der Waals surface area contributed by atoms with Crippen molar-refractivity contribution in [1.82, 2.24) is 13.7 Å². The lowest BCUT2D eigenvalue weighted by Gasteiger charge is -2.14. The van der Waals surface area contributed by atoms with Gasteiger partial charge in [-0.05, 0) is 131 Å². The maximum Gasteiger partial charge on any atom is 0.135 e. The molecule has 0 aliphatic carbocycles. The van der Waals surface area contributed by atoms with Crippen LogP contribution in [-0.4, -0.2) is 13.7 Å². The van der Waals surface area contributed by atoms with Crippen LogP contribution < -0.4 is 0 Å². The molecule has 56 heavy (non-hydrogen) atoms. The van der Waals surface area contributed by atoms with E-state index in [1.807, 2.05) is 0 Å². The molecule has 3 aromatic heterocycles. The number of furan rings is 1. The van der Waals surface area contributed by atoms with Gasteiger partial charge in [0, 0.05) is 60.7 Å². The van der Waals surface area contributed by atoms with Crippen LogP contribution in [0.2, 0.25) is 0 Å². The molecular formula is C52H33N3O. The monoisotopic (exact) mass is 715 g/mol. The van der Waals surface area contributed by atoms with E-state index in [0.717, 1.165) is 71.8 Å². The summed E-state index contributed by atoms with van der Waals surface area (Å²) >= 11 is 0. The first kappa shape index (κ1) is 30.9. The van der Waals surface area contributed by atoms with Gasteiger partial charge < -0.3 is 18.1 Å². The van der Waals surface area contributed by atoms with E-state index in [1.165, 1.54) is 32.6 Å². The molecule has 9 aromatic carbocycles. The van der Waals surface area contributed by atoms with Gasteiger partial charge in [-0.2, -0.15) is 0 Å². The summed E-state index contributed by atoms with van der Waals surface area (Å²) in [5, 5.41) is 9.30. The zero-order valence-electron chi connectivity index (χ0n) is 30.3. The summed E-state index contributed by atoms with van der Waals surface area (Å²) in [5.41, 5.74) is 11.7. The van der Waals surface area contributed by atoms with E-state index >= 15 is 0 Å². The van der Waals surface area contributed by atoms with Crippen molar-refractivity contribution in [2.75, 3.05) is 0 Å². The summed E-state index contributed by atoms with van der Waals surface area (Å²) in [6.07, 6.45) is 0. The SMILES string of the molecule is c1ccc(-n2c3ccccc3c3cc(-n4c5cccc(c5)c5cccc(c5)n(-c5ccc6ccccc6c5)c5ccc6oc7ccc4cc7c6c5)ccc32)cc1. The lowest BCUT2D eigenvalue weighted by atomic mass is 10.1. The molecule has 0 unspecified atom stereocenters. The smallest absolute Gasteiger partial charge is 0.135 e. The van der Waals surface area contributed by atoms with Crippen molar-refractivity contribution < 1.29 is 4.42 Å². The second kappa shape index (κ2) is 12.0. The fraction of sp³-hybridized carbons (Fsp3) is 0. The molecule has 8 bridgehead atoms. The number of benzene rings is 9. The van der Waals surface area contributed by atoms with E-state index in [9.17, 15) is 0 Å². The zero-order valence-corrected chi connectivity index (χ0v) is 30.3. The standard InChI is InChI=1S/C52H33N3O/c1-2-14-38(15-3-1)55-49-19-7-6-18-45(49)46-31-42(22-25-50(46)55)54-40-17-9-13-37(30-40)36-12-8-16-39(29-36)53(41-21-20-34-10-4-5-11-35(34)28-41)43-23-26-51-47(32-43)48-33-44(54)24-27-52(48)56-51/h1-33H. The minimum atomic E-state index is 0.863. The maximum atomic E-state index is 6.52. The molecule has 0 radical (unpaired) electrons. The summed E-state index contributed by atoms with van der Waals surface area (Å²) in [6.45, 7) is 0. The van der Waals surface area contributed by atoms with Crippen molar-refractivity contribution >= 4 is 87.4 Å². The number of hydrogen-bond donors (Lipinski definition) is 0. The van der Waals surface area contributed by atoms with E-state index in [-0.39, 0.29) is 0 Å². The molecule has 12 aromatic rings. The first-order valence-electron chi connectivity index (χ1n) is 19.1. The highest BCUT2D eigenvalue weighted by Gasteiger charge is 2.15. The minimum Gasteiger partial charge on any atom is -0.456 e. The number of nitrogens with zero attached hydrogens (tertiary/aromatic N) is 3. The second-order valence-corrected chi connectivity index (χ2v) is 14.7. The van der Waals surface area contributed by atoms with Crippen LogP contribution >= 0.6 is 0 Å². The summed E-state index contributed by atoms with van der Waals surface area (Å²) in [7, 11) is 0. The molecule has 12 rings (SSSR count). The van der Waals surface area contributed by atoms with Crippen LogP contribution in [0.25, 0.3) is 104 Å². The van der Waals surface area contributed by atoms with Crippen molar-refractivity contribution in [2.45, 2.75) is 0 Å². The maximum absolute atomic E-state index is 6.52. The Morgan fingerprint density at radius 1 is 0.268 bits per heavy atom. The summed E-state index contributed by atoms with van der Waals surface area (Å²) in [4.78, 5) is 0. The van der Waals surface area contributed by atoms with Crippen molar-refractivity contribution in [1.29, 1.82) is 0 Å². The number of fused-ring (bicyclic) bond motifs is 11. The molecule has 4 nitrogen and oxygen atoms in total. The van der Waals surface area contributed by atoms with Gasteiger partial charge in [0.05, 0.1) is 11.0 Å². The van der Waals surface area contributed by atoms with Crippen molar-refractivity contribution in [3.63, 3.8) is 0 Å². The van der Waals surface area contributed by atoms with E-state index < -0.39 is 0 Å². The molecule has 0 spiro atoms. The third-order valence-corrected chi connectivity index (χ3v) is 11.4. The molecule has 4 heteroatoms. The van der Waals surface area contributed by atoms with Gasteiger partial charge in [0.15, 0.2) is 0 Å². The van der Waals surface area contributed by atoms with Gasteiger partial charge >= 0.3 is 0 Å². The van der Waals surface area contributed by atoms with Crippen LogP contribution in [0.5, 0.6) is 0 Å². The molecule has 0 saturated heterocycles. The molecule has 0 amide bonds. The van der Waals surface area contributed by atoms with Gasteiger partial charge in [0.2, 0.25) is 0 Å². The molecule has 0 N–H and O–H groups in total. The largest absolute Gasteiger partial charge is 0.456 e. The van der Waals surface area contributed by atoms with Gasteiger partial charge in [-0.3, -0.25) is 0 Å². The highest BCUT2D eigenvalue weighted by molar-refractivity contribution is 6.11. The van der Waals surface area contributed by atoms with Crippen molar-refractivity contribution in [3.8, 4) is 17.1 Å². The van der Waals surface area contributed by atoms with Gasteiger partial charge in [0.1, 0.15) is 11.2 Å². The predicted molar refractivity (Wildman–Crippen MR) is 234 cm³/mol. The fourth-order valence-corrected chi connectivity index (χ4v) is 8.85. The highest BCUT2D eigenvalue weighted by Crippen LogP contribution is 2.36. The number of aromatic nitrogens is 3. The Morgan fingerprint density at radius 2 is 0.804 bits per heavy atom. The molecule has 3 heterocycles. The molecule has 0 fully saturated rings. The Morgan fingerprint density at radius 3 is 1.52 bits per heavy atom. The van der Waals surface area contributed by atoms with E-state index in [4.69, 9.17) is 4.42 Å². The molecular weight excluding hydrogens is 683 g/mol.